The molecule has 111 heavy (non-hydrogen) atoms. The molecule has 2 saturated heterocycles. The van der Waals surface area contributed by atoms with Gasteiger partial charge in [-0.15, -0.1) is 0 Å². The lowest BCUT2D eigenvalue weighted by molar-refractivity contribution is -0.158. The van der Waals surface area contributed by atoms with Crippen LogP contribution in [0.2, 0.25) is 0 Å². The van der Waals surface area contributed by atoms with Crippen molar-refractivity contribution < 1.29 is 102 Å². The Kier molecular flexibility index (Phi) is 30.3. The van der Waals surface area contributed by atoms with Crippen molar-refractivity contribution in [3.8, 4) is 0 Å². The first-order valence-corrected chi connectivity index (χ1v) is 37.5. The number of benzene rings is 2. The number of aryl methyl sites for hydroxylation is 1. The van der Waals surface area contributed by atoms with Gasteiger partial charge in [0.25, 0.3) is 0 Å². The molecule has 5 aliphatic rings. The molecule has 7 rings (SSSR count). The van der Waals surface area contributed by atoms with Gasteiger partial charge in [-0.25, -0.2) is 8.78 Å². The van der Waals surface area contributed by atoms with Gasteiger partial charge < -0.3 is 69.7 Å². The van der Waals surface area contributed by atoms with E-state index in [0.717, 1.165) is 70.5 Å². The van der Waals surface area contributed by atoms with Gasteiger partial charge in [0.15, 0.2) is 0 Å². The van der Waals surface area contributed by atoms with Crippen LogP contribution in [-0.2, 0) is 92.3 Å². The van der Waals surface area contributed by atoms with Crippen LogP contribution in [0.25, 0.3) is 0 Å². The second-order valence-electron chi connectivity index (χ2n) is 30.2. The van der Waals surface area contributed by atoms with E-state index in [1.165, 1.54) is 73.2 Å². The van der Waals surface area contributed by atoms with E-state index in [1.54, 1.807) is 32.9 Å². The summed E-state index contributed by atoms with van der Waals surface area (Å²) in [5.41, 5.74) is -5.33. The molecule has 2 bridgehead atoms. The average Bonchev–Trinajstić information content (AvgIpc) is 1.62. The zero-order valence-corrected chi connectivity index (χ0v) is 65.2. The minimum atomic E-state index is -5.47. The van der Waals surface area contributed by atoms with E-state index in [9.17, 15) is 55.1 Å². The summed E-state index contributed by atoms with van der Waals surface area (Å²) in [7, 11) is 13.3. The number of nitrogens with one attached hydrogen (secondary N) is 3. The van der Waals surface area contributed by atoms with Crippen LogP contribution in [0.4, 0.5) is 35.1 Å². The first-order chi connectivity index (χ1) is 52.0. The van der Waals surface area contributed by atoms with Crippen molar-refractivity contribution in [1.29, 1.82) is 0 Å². The molecule has 3 heterocycles. The van der Waals surface area contributed by atoms with Crippen LogP contribution in [0.15, 0.2) is 48.6 Å². The highest BCUT2D eigenvalue weighted by Gasteiger charge is 2.54. The standard InChI is InChI=1S/C76H105F8N13O14/c1-14-44(3)63-71(108)91(9)43-61(101)93(11)54-24-17-16-20-35-96(70(54)107)57(38-45-25-28-48(29-26-45)75(79,80)81)69(106)90(8)42-58(98)85-52(30-27-46-36-50(77)62(51(78)37-46)76(82,83)84)67(104)97-41-49(111-15-2)39-55(97)66(103)87-74(33-21-34-74)73(110)95(13)64(47-22-18-19-23-47)72(109)94(12)56(68(105)89(6)7)40-60(100)92(10)53(65(102)86-63)31-32-59(99)88(4)5/h16-17,25-26,28-29,36-37,44,47,49,52-57,63-64H,14-15,18-24,27,30-35,38-43H2,1-13H3,(H,85,98)(H,86,102)(H,87,103)/b17-16-/t44-,49+,52-,53-,54-,55-,56-,57-,63-,64-/m0/s1. The Morgan fingerprint density at radius 2 is 1.27 bits per heavy atom. The minimum absolute atomic E-state index is 0.00987. The minimum Gasteiger partial charge on any atom is -0.377 e. The SMILES string of the molecule is CCO[C@@H]1C[C@H]2C(=O)NC3(CCC3)C(=O)N(C)[C@@H](C3CCCC3)C(=O)N(C)[C@H](C(=O)N(C)C)CC(=O)N(C)[C@@H](CCC(=O)N(C)C)C(=O)N[C@@H]([C@@H](C)CC)C(=O)N(C)CC(=O)N(C)[C@H]3C/C=C\CCN(C3=O)[C@@H](Cc3ccc(C(F)(F)F)cc3)C(=O)N(C)CC(=O)N[C@@H](CCc3cc(F)c(C(F)(F)F)c(F)c3)C(=O)N2C1. The van der Waals surface area contributed by atoms with Crippen molar-refractivity contribution in [2.75, 3.05) is 103 Å². The van der Waals surface area contributed by atoms with Crippen molar-refractivity contribution in [2.45, 2.75) is 202 Å². The second kappa shape index (κ2) is 37.8. The first-order valence-electron chi connectivity index (χ1n) is 37.5. The topological polar surface area (TPSA) is 300 Å². The molecule has 3 N–H and O–H groups in total. The number of carbonyl (C=O) groups excluding carboxylic acids is 13. The number of rotatable bonds is 14. The normalized spacial score (nSPS) is 25.6. The van der Waals surface area contributed by atoms with Crippen LogP contribution < -0.4 is 16.0 Å². The van der Waals surface area contributed by atoms with Gasteiger partial charge in [-0.05, 0) is 118 Å². The maximum absolute atomic E-state index is 15.5. The molecule has 2 aromatic rings. The fourth-order valence-electron chi connectivity index (χ4n) is 15.1. The van der Waals surface area contributed by atoms with Crippen LogP contribution in [0.3, 0.4) is 0 Å². The van der Waals surface area contributed by atoms with Crippen LogP contribution >= 0.6 is 0 Å². The van der Waals surface area contributed by atoms with E-state index >= 15 is 42.3 Å². The van der Waals surface area contributed by atoms with E-state index in [-0.39, 0.29) is 76.6 Å². The number of ether oxygens (including phenoxy) is 1. The number of fused-ring (bicyclic) bond motifs is 3. The molecular weight excluding hydrogens is 1470 g/mol. The first kappa shape index (κ1) is 88.9. The highest BCUT2D eigenvalue weighted by atomic mass is 19.4. The monoisotopic (exact) mass is 1580 g/mol. The van der Waals surface area contributed by atoms with Crippen LogP contribution in [0.1, 0.15) is 139 Å². The van der Waals surface area contributed by atoms with Crippen molar-refractivity contribution in [1.82, 2.24) is 64.9 Å². The summed E-state index contributed by atoms with van der Waals surface area (Å²) in [6.07, 6.45) is -8.65. The number of hydrogen-bond donors (Lipinski definition) is 3. The smallest absolute Gasteiger partial charge is 0.377 e. The summed E-state index contributed by atoms with van der Waals surface area (Å²) < 4.78 is 120. The molecule has 10 atom stereocenters. The number of hydrogen-bond acceptors (Lipinski definition) is 14. The van der Waals surface area contributed by atoms with Gasteiger partial charge >= 0.3 is 12.4 Å². The van der Waals surface area contributed by atoms with E-state index in [0.29, 0.717) is 44.2 Å². The van der Waals surface area contributed by atoms with Gasteiger partial charge in [-0.2, -0.15) is 26.3 Å². The van der Waals surface area contributed by atoms with E-state index in [4.69, 9.17) is 4.74 Å². The molecule has 27 nitrogen and oxygen atoms in total. The maximum atomic E-state index is 15.5. The Hall–Kier alpha value is -9.31. The number of alkyl halides is 6. The van der Waals surface area contributed by atoms with E-state index < -0.39 is 228 Å². The molecule has 2 saturated carbocycles. The maximum Gasteiger partial charge on any atom is 0.422 e. The summed E-state index contributed by atoms with van der Waals surface area (Å²) in [4.78, 5) is 205. The van der Waals surface area contributed by atoms with E-state index in [1.807, 2.05) is 0 Å². The summed E-state index contributed by atoms with van der Waals surface area (Å²) in [6.45, 7) is 2.70. The molecule has 2 aliphatic carbocycles. The second-order valence-corrected chi connectivity index (χ2v) is 30.2. The number of likely N-dealkylation sites (N-methyl/N-ethyl adjacent to an activating group) is 7. The summed E-state index contributed by atoms with van der Waals surface area (Å²) >= 11 is 0. The van der Waals surface area contributed by atoms with Crippen molar-refractivity contribution >= 4 is 76.8 Å². The molecule has 3 aliphatic heterocycles. The Balaban J connectivity index is 1.36. The van der Waals surface area contributed by atoms with E-state index in [2.05, 4.69) is 16.0 Å². The third-order valence-electron chi connectivity index (χ3n) is 22.2. The lowest BCUT2D eigenvalue weighted by Gasteiger charge is -2.46. The molecular formula is C76H105F8N13O14. The lowest BCUT2D eigenvalue weighted by Crippen LogP contribution is -2.68. The third-order valence-corrected chi connectivity index (χ3v) is 22.2. The third kappa shape index (κ3) is 21.5. The average molecular weight is 1580 g/mol. The van der Waals surface area contributed by atoms with Gasteiger partial charge in [-0.1, -0.05) is 57.4 Å². The predicted octanol–water partition coefficient (Wildman–Crippen LogP) is 4.56. The molecule has 614 valence electrons. The van der Waals surface area contributed by atoms with Crippen molar-refractivity contribution in [2.24, 2.45) is 11.8 Å². The van der Waals surface area contributed by atoms with Crippen LogP contribution in [0.5, 0.6) is 0 Å². The number of halogens is 8. The molecule has 13 amide bonds. The lowest BCUT2D eigenvalue weighted by atomic mass is 9.74. The predicted molar refractivity (Wildman–Crippen MR) is 387 cm³/mol. The van der Waals surface area contributed by atoms with Crippen molar-refractivity contribution in [3.63, 3.8) is 0 Å². The Morgan fingerprint density at radius 1 is 0.649 bits per heavy atom. The van der Waals surface area contributed by atoms with Crippen molar-refractivity contribution in [3.05, 3.63) is 82.4 Å². The Bertz CT molecular complexity index is 3770. The molecule has 35 heteroatoms. The number of nitrogens with zero attached hydrogens (tertiary/aromatic N) is 10. The summed E-state index contributed by atoms with van der Waals surface area (Å²) in [5, 5.41) is 8.16. The van der Waals surface area contributed by atoms with Gasteiger partial charge in [0.1, 0.15) is 71.1 Å². The highest BCUT2D eigenvalue weighted by molar-refractivity contribution is 6.01. The summed E-state index contributed by atoms with van der Waals surface area (Å²) in [5.74, 6) is -16.3. The highest BCUT2D eigenvalue weighted by Crippen LogP contribution is 2.40. The quantitative estimate of drug-likeness (QED) is 0.173. The van der Waals surface area contributed by atoms with Crippen LogP contribution in [-0.4, -0.2) is 289 Å². The number of amides is 13. The number of carbonyl (C=O) groups is 13. The molecule has 0 unspecified atom stereocenters. The van der Waals surface area contributed by atoms with Gasteiger partial charge in [-0.3, -0.25) is 62.3 Å². The van der Waals surface area contributed by atoms with Crippen LogP contribution in [0, 0.1) is 23.5 Å². The van der Waals surface area contributed by atoms with Gasteiger partial charge in [0.05, 0.1) is 31.2 Å². The molecule has 1 spiro atoms. The fourth-order valence-corrected chi connectivity index (χ4v) is 15.1. The Labute approximate surface area is 641 Å². The van der Waals surface area contributed by atoms with Gasteiger partial charge in [0.2, 0.25) is 76.8 Å². The Morgan fingerprint density at radius 3 is 1.83 bits per heavy atom. The molecule has 4 fully saturated rings. The van der Waals surface area contributed by atoms with Gasteiger partial charge in [0, 0.05) is 109 Å². The molecule has 0 radical (unpaired) electrons. The molecule has 2 aromatic carbocycles. The zero-order chi connectivity index (χ0) is 82.6. The summed E-state index contributed by atoms with van der Waals surface area (Å²) in [6, 6.07) is -7.95. The fraction of sp³-hybridized carbons (Fsp3) is 0.645. The largest absolute Gasteiger partial charge is 0.422 e. The zero-order valence-electron chi connectivity index (χ0n) is 65.2. The molecule has 0 aromatic heterocycles.